The molecule has 14 N–H and O–H groups in total. The number of carboxylic acid groups (broad SMARTS) is 1. The van der Waals surface area contributed by atoms with Crippen molar-refractivity contribution in [2.75, 3.05) is 152 Å². The molecule has 8 saturated heterocycles. The van der Waals surface area contributed by atoms with Crippen LogP contribution in [0, 0.1) is 4.91 Å². The highest BCUT2D eigenvalue weighted by Crippen LogP contribution is 2.29. The van der Waals surface area contributed by atoms with Crippen molar-refractivity contribution in [2.45, 2.75) is 87.9 Å². The molecule has 9 amide bonds. The number of carboxylic acids is 1. The van der Waals surface area contributed by atoms with Crippen LogP contribution in [0.1, 0.15) is 25.7 Å². The number of nitrogen functional groups attached to an aromatic ring is 1. The lowest BCUT2D eigenvalue weighted by atomic mass is 9.84. The van der Waals surface area contributed by atoms with Gasteiger partial charge in [0.15, 0.2) is 0 Å². The number of nitrogens with two attached hydrogens (primary N) is 1. The first-order valence-electron chi connectivity index (χ1n) is 36.7. The van der Waals surface area contributed by atoms with Crippen molar-refractivity contribution in [2.24, 2.45) is 5.18 Å². The van der Waals surface area contributed by atoms with Gasteiger partial charge in [0.2, 0.25) is 17.7 Å². The normalized spacial score (nSPS) is 22.1. The van der Waals surface area contributed by atoms with Crippen LogP contribution in [0.5, 0.6) is 0 Å². The van der Waals surface area contributed by atoms with Crippen molar-refractivity contribution < 1.29 is 97.7 Å². The Morgan fingerprint density at radius 1 is 0.456 bits per heavy atom. The second-order valence-corrected chi connectivity index (χ2v) is 28.2. The number of morpholine rings is 4. The standard InChI is InChI=1S/C22H23ClN4O5.C16H22BN3O5.C15H19N3O4.C10H12N2O2.C6H12BNO4.C6H4ClNO/c23-14-1-3-16(4-2-14)25-22(31)27-12-18(28)11-19(27)21(30)24-15-5-7-17(8-6-15)26-9-10-32-13-20(26)29;1-17(24)20-9-13(21)8-14(20)16(23)18-11-2-4-12(5-3-11)19-6-7-25-10-15(19)22;19-12-7-13(16-8-12)15(21)17-10-1-3-11(4-2-10)18-5-6-22-9-14(18)20;11-8-1-3-9(4-2-8)12-5-6-14-7-10(12)13;1-7(12)8-3-4(9)2-5(8)6(10)11;7-5-1-3-6(8-9)4-2-5/h1-8,18-19,28H,9-13H2,(H,24,30)(H,25,31);2-5,13-14,21,24H,6-10H2,1H3,(H,18,23);1-4,12-13,16,19H,5-9H2,(H,17,21);1-4H,5-7,11H2;4-5,9,12H,2-3H2,1H3,(H,10,11);1-4H/t18-,19-;13-,14-;12-,13-;;4-,5-;/m111.1./s1. The van der Waals surface area contributed by atoms with Crippen molar-refractivity contribution in [1.82, 2.24) is 19.8 Å². The van der Waals surface area contributed by atoms with Gasteiger partial charge >= 0.3 is 26.1 Å². The summed E-state index contributed by atoms with van der Waals surface area (Å²) < 4.78 is 20.4. The van der Waals surface area contributed by atoms with Gasteiger partial charge < -0.3 is 121 Å². The number of halogens is 2. The summed E-state index contributed by atoms with van der Waals surface area (Å²) in [6.07, 6.45) is -1.48. The van der Waals surface area contributed by atoms with E-state index in [0.29, 0.717) is 110 Å². The molecular formula is C75H92B2Cl2N14O21. The number of urea groups is 1. The van der Waals surface area contributed by atoms with Gasteiger partial charge in [0.1, 0.15) is 44.2 Å². The minimum atomic E-state index is -0.993. The van der Waals surface area contributed by atoms with Crippen LogP contribution in [-0.2, 0) is 57.3 Å². The van der Waals surface area contributed by atoms with Gasteiger partial charge in [-0.3, -0.25) is 38.4 Å². The van der Waals surface area contributed by atoms with E-state index < -0.39 is 74.5 Å². The smallest absolute Gasteiger partial charge is 0.377 e. The van der Waals surface area contributed by atoms with Crippen molar-refractivity contribution in [3.63, 3.8) is 0 Å². The molecule has 8 aliphatic heterocycles. The number of aliphatic hydroxyl groups is 4. The second-order valence-electron chi connectivity index (χ2n) is 27.3. The number of hydrogen-bond donors (Lipinski definition) is 13. The average molecular weight is 1620 g/mol. The van der Waals surface area contributed by atoms with E-state index in [1.165, 1.54) is 16.5 Å². The molecule has 0 radical (unpaired) electrons. The van der Waals surface area contributed by atoms with Gasteiger partial charge in [-0.05, 0) is 184 Å². The minimum absolute atomic E-state index is 0.000946. The molecule has 0 aliphatic carbocycles. The number of β-amino-alcohol motifs (C(OH)–C–C–N with tert-alkyl or cyclic N) is 4. The SMILES string of the molecule is CB(O)N1C[C@H](O)C[C@@H]1C(=O)Nc1ccc(N2CCOCC2=O)cc1.CB(O)N1C[C@H](O)C[C@@H]1C(=O)O.Nc1ccc(N2CCOCC2=O)cc1.O=C(Nc1ccc(N2CCOCC2=O)cc1)[C@H]1C[C@@H](O)CN1.O=C(Nc1ccc(N2CCOCC2=O)cc1)[C@H]1C[C@@H](O)CN1C(=O)Nc1ccc(Cl)cc1.O=Nc1ccc(Cl)cc1. The Labute approximate surface area is 667 Å². The van der Waals surface area contributed by atoms with E-state index >= 15 is 0 Å². The van der Waals surface area contributed by atoms with Crippen LogP contribution in [-0.4, -0.2) is 271 Å². The number of hydrogen-bond acceptors (Lipinski definition) is 25. The maximum Gasteiger partial charge on any atom is 0.377 e. The Bertz CT molecular complexity index is 4230. The third-order valence-corrected chi connectivity index (χ3v) is 19.5. The number of nitrogens with one attached hydrogen (secondary N) is 5. The van der Waals surface area contributed by atoms with Crippen molar-refractivity contribution >= 4 is 148 Å². The number of amides is 9. The lowest BCUT2D eigenvalue weighted by Gasteiger charge is -2.27. The number of nitrogens with zero attached hydrogens (tertiary/aromatic N) is 8. The summed E-state index contributed by atoms with van der Waals surface area (Å²) in [5, 5.41) is 83.9. The zero-order chi connectivity index (χ0) is 82.1. The highest BCUT2D eigenvalue weighted by molar-refractivity contribution is 6.46. The Hall–Kier alpha value is -10.1. The molecule has 8 atom stereocenters. The predicted molar refractivity (Wildman–Crippen MR) is 427 cm³/mol. The van der Waals surface area contributed by atoms with Gasteiger partial charge in [0.05, 0.1) is 62.9 Å². The molecule has 14 rings (SSSR count). The van der Waals surface area contributed by atoms with E-state index in [1.807, 2.05) is 12.1 Å². The molecular weight excluding hydrogens is 1530 g/mol. The number of rotatable bonds is 15. The molecule has 8 fully saturated rings. The van der Waals surface area contributed by atoms with Gasteiger partial charge in [0, 0.05) is 120 Å². The monoisotopic (exact) mass is 1620 g/mol. The van der Waals surface area contributed by atoms with Crippen LogP contribution >= 0.6 is 23.2 Å². The van der Waals surface area contributed by atoms with E-state index in [2.05, 4.69) is 31.8 Å². The Balaban J connectivity index is 0.000000164. The van der Waals surface area contributed by atoms with E-state index in [-0.39, 0.29) is 107 Å². The molecule has 35 nitrogen and oxygen atoms in total. The molecule has 0 aromatic heterocycles. The highest BCUT2D eigenvalue weighted by atomic mass is 35.5. The summed E-state index contributed by atoms with van der Waals surface area (Å²) in [6.45, 7) is 8.70. The van der Waals surface area contributed by atoms with Crippen LogP contribution < -0.4 is 51.9 Å². The largest absolute Gasteiger partial charge is 0.480 e. The number of aliphatic carboxylic acids is 1. The van der Waals surface area contributed by atoms with Crippen LogP contribution in [0.2, 0.25) is 23.7 Å². The average Bonchev–Trinajstić information content (AvgIpc) is 1.68. The summed E-state index contributed by atoms with van der Waals surface area (Å²) >= 11 is 11.4. The maximum absolute atomic E-state index is 12.9. The van der Waals surface area contributed by atoms with Gasteiger partial charge in [0.25, 0.3) is 23.6 Å². The van der Waals surface area contributed by atoms with Gasteiger partial charge in [-0.2, -0.15) is 0 Å². The molecule has 6 aromatic rings. The fraction of sp³-hybridized carbons (Fsp3) is 0.400. The van der Waals surface area contributed by atoms with E-state index in [0.717, 1.165) is 22.7 Å². The molecule has 0 spiro atoms. The van der Waals surface area contributed by atoms with Gasteiger partial charge in [-0.15, -0.1) is 4.91 Å². The van der Waals surface area contributed by atoms with Crippen LogP contribution in [0.4, 0.5) is 61.7 Å². The van der Waals surface area contributed by atoms with Crippen molar-refractivity contribution in [3.05, 3.63) is 161 Å². The first kappa shape index (κ1) is 87.9. The molecule has 39 heteroatoms. The zero-order valence-corrected chi connectivity index (χ0v) is 64.0. The number of aliphatic hydroxyl groups excluding tert-OH is 4. The Morgan fingerprint density at radius 3 is 1.15 bits per heavy atom. The van der Waals surface area contributed by atoms with Gasteiger partial charge in [-0.1, -0.05) is 23.2 Å². The maximum atomic E-state index is 12.9. The van der Waals surface area contributed by atoms with Crippen molar-refractivity contribution in [1.29, 1.82) is 0 Å². The Kier molecular flexibility index (Phi) is 33.1. The second kappa shape index (κ2) is 42.9. The quantitative estimate of drug-likeness (QED) is 0.0397. The van der Waals surface area contributed by atoms with E-state index in [1.54, 1.807) is 165 Å². The molecule has 6 aromatic carbocycles. The summed E-state index contributed by atoms with van der Waals surface area (Å²) in [4.78, 5) is 128. The number of anilines is 9. The first-order chi connectivity index (χ1) is 54.6. The predicted octanol–water partition coefficient (Wildman–Crippen LogP) is 3.54. The Morgan fingerprint density at radius 2 is 0.789 bits per heavy atom. The molecule has 114 heavy (non-hydrogen) atoms. The molecule has 8 aliphatic rings. The summed E-state index contributed by atoms with van der Waals surface area (Å²) in [5.74, 6) is -2.09. The number of carbonyl (C=O) groups is 9. The summed E-state index contributed by atoms with van der Waals surface area (Å²) in [7, 11) is -1.62. The van der Waals surface area contributed by atoms with Crippen LogP contribution in [0.25, 0.3) is 0 Å². The number of likely N-dealkylation sites (tertiary alicyclic amines) is 1. The van der Waals surface area contributed by atoms with Crippen LogP contribution in [0.3, 0.4) is 0 Å². The highest BCUT2D eigenvalue weighted by Gasteiger charge is 2.42. The molecule has 0 unspecified atom stereocenters. The third-order valence-electron chi connectivity index (χ3n) is 19.0. The molecule has 0 saturated carbocycles. The van der Waals surface area contributed by atoms with Crippen molar-refractivity contribution in [3.8, 4) is 0 Å². The van der Waals surface area contributed by atoms with E-state index in [4.69, 9.17) is 63.1 Å². The summed E-state index contributed by atoms with van der Waals surface area (Å²) in [5.41, 5.74) is 12.1. The lowest BCUT2D eigenvalue weighted by molar-refractivity contribution is -0.141. The topological polar surface area (TPSA) is 470 Å². The zero-order valence-electron chi connectivity index (χ0n) is 62.5. The fourth-order valence-corrected chi connectivity index (χ4v) is 13.4. The third kappa shape index (κ3) is 25.7. The molecule has 0 bridgehead atoms. The van der Waals surface area contributed by atoms with E-state index in [9.17, 15) is 68.4 Å². The number of nitroso groups, excluding NO2 is 1. The van der Waals surface area contributed by atoms with Crippen LogP contribution in [0.15, 0.2) is 151 Å². The molecule has 608 valence electrons. The number of benzene rings is 6. The lowest BCUT2D eigenvalue weighted by Crippen LogP contribution is -2.46. The fourth-order valence-electron chi connectivity index (χ4n) is 13.1. The number of carbonyl (C=O) groups excluding carboxylic acids is 8. The first-order valence-corrected chi connectivity index (χ1v) is 37.5. The van der Waals surface area contributed by atoms with Gasteiger partial charge in [-0.25, -0.2) is 4.79 Å². The minimum Gasteiger partial charge on any atom is -0.480 e. The summed E-state index contributed by atoms with van der Waals surface area (Å²) in [6, 6.07) is 38.3. The molecule has 8 heterocycles. The number of ether oxygens (including phenoxy) is 4.